The SMILES string of the molecule is Cc1nc(C)c(C(=O)N(CCCl)Cc2ccccc2)o1. The Kier molecular flexibility index (Phi) is 4.79. The number of rotatable bonds is 5. The Morgan fingerprint density at radius 2 is 2.00 bits per heavy atom. The number of alkyl halides is 1. The zero-order chi connectivity index (χ0) is 14.5. The van der Waals surface area contributed by atoms with E-state index in [9.17, 15) is 4.79 Å². The molecular formula is C15H17ClN2O2. The van der Waals surface area contributed by atoms with Crippen LogP contribution in [0.15, 0.2) is 34.7 Å². The molecule has 0 saturated carbocycles. The van der Waals surface area contributed by atoms with Crippen molar-refractivity contribution < 1.29 is 9.21 Å². The lowest BCUT2D eigenvalue weighted by atomic mass is 10.2. The van der Waals surface area contributed by atoms with Crippen LogP contribution in [0, 0.1) is 13.8 Å². The number of nitrogens with zero attached hydrogens (tertiary/aromatic N) is 2. The van der Waals surface area contributed by atoms with Gasteiger partial charge in [-0.05, 0) is 12.5 Å². The molecule has 0 aliphatic carbocycles. The topological polar surface area (TPSA) is 46.3 Å². The van der Waals surface area contributed by atoms with Crippen LogP contribution in [0.5, 0.6) is 0 Å². The van der Waals surface area contributed by atoms with Crippen LogP contribution < -0.4 is 0 Å². The van der Waals surface area contributed by atoms with Gasteiger partial charge in [-0.3, -0.25) is 4.79 Å². The van der Waals surface area contributed by atoms with Crippen LogP contribution in [0.25, 0.3) is 0 Å². The van der Waals surface area contributed by atoms with Crippen LogP contribution in [0.4, 0.5) is 0 Å². The summed E-state index contributed by atoms with van der Waals surface area (Å²) in [5, 5.41) is 0. The zero-order valence-corrected chi connectivity index (χ0v) is 12.4. The van der Waals surface area contributed by atoms with Gasteiger partial charge in [-0.15, -0.1) is 11.6 Å². The van der Waals surface area contributed by atoms with Crippen LogP contribution >= 0.6 is 11.6 Å². The van der Waals surface area contributed by atoms with E-state index in [0.717, 1.165) is 5.56 Å². The molecule has 0 radical (unpaired) electrons. The first-order chi connectivity index (χ1) is 9.61. The Balaban J connectivity index is 2.20. The van der Waals surface area contributed by atoms with Crippen molar-refractivity contribution in [3.8, 4) is 0 Å². The normalized spacial score (nSPS) is 10.6. The molecule has 0 fully saturated rings. The highest BCUT2D eigenvalue weighted by Gasteiger charge is 2.22. The Morgan fingerprint density at radius 1 is 1.30 bits per heavy atom. The first-order valence-electron chi connectivity index (χ1n) is 6.45. The molecule has 0 atom stereocenters. The largest absolute Gasteiger partial charge is 0.436 e. The molecule has 4 nitrogen and oxygen atoms in total. The quantitative estimate of drug-likeness (QED) is 0.795. The number of oxazole rings is 1. The van der Waals surface area contributed by atoms with Gasteiger partial charge in [0.05, 0.1) is 5.69 Å². The molecule has 2 rings (SSSR count). The van der Waals surface area contributed by atoms with E-state index in [1.807, 2.05) is 30.3 Å². The summed E-state index contributed by atoms with van der Waals surface area (Å²) in [6.07, 6.45) is 0. The van der Waals surface area contributed by atoms with E-state index >= 15 is 0 Å². The second-order valence-electron chi connectivity index (χ2n) is 4.55. The predicted octanol–water partition coefficient (Wildman–Crippen LogP) is 3.17. The van der Waals surface area contributed by atoms with Crippen molar-refractivity contribution >= 4 is 17.5 Å². The molecule has 0 saturated heterocycles. The summed E-state index contributed by atoms with van der Waals surface area (Å²) in [5.74, 6) is 0.998. The van der Waals surface area contributed by atoms with Gasteiger partial charge in [0.2, 0.25) is 5.76 Å². The minimum Gasteiger partial charge on any atom is -0.436 e. The third kappa shape index (κ3) is 3.39. The molecule has 20 heavy (non-hydrogen) atoms. The average molecular weight is 293 g/mol. The lowest BCUT2D eigenvalue weighted by Gasteiger charge is -2.20. The molecule has 1 heterocycles. The number of hydrogen-bond acceptors (Lipinski definition) is 3. The Hall–Kier alpha value is -1.81. The van der Waals surface area contributed by atoms with Gasteiger partial charge in [-0.25, -0.2) is 4.98 Å². The second-order valence-corrected chi connectivity index (χ2v) is 4.93. The van der Waals surface area contributed by atoms with Crippen molar-refractivity contribution in [2.75, 3.05) is 12.4 Å². The van der Waals surface area contributed by atoms with Gasteiger partial charge in [-0.1, -0.05) is 30.3 Å². The summed E-state index contributed by atoms with van der Waals surface area (Å²) in [6, 6.07) is 9.80. The number of amides is 1. The predicted molar refractivity (Wildman–Crippen MR) is 77.9 cm³/mol. The molecule has 0 bridgehead atoms. The average Bonchev–Trinajstić information content (AvgIpc) is 2.77. The fraction of sp³-hybridized carbons (Fsp3) is 0.333. The highest BCUT2D eigenvalue weighted by Crippen LogP contribution is 2.15. The molecule has 0 N–H and O–H groups in total. The maximum absolute atomic E-state index is 12.5. The summed E-state index contributed by atoms with van der Waals surface area (Å²) in [5.41, 5.74) is 1.67. The number of carbonyl (C=O) groups excluding carboxylic acids is 1. The summed E-state index contributed by atoms with van der Waals surface area (Å²) in [4.78, 5) is 18.3. The number of benzene rings is 1. The number of aryl methyl sites for hydroxylation is 2. The molecule has 0 spiro atoms. The van der Waals surface area contributed by atoms with Gasteiger partial charge >= 0.3 is 0 Å². The van der Waals surface area contributed by atoms with E-state index in [1.165, 1.54) is 0 Å². The van der Waals surface area contributed by atoms with Crippen LogP contribution in [-0.4, -0.2) is 28.2 Å². The van der Waals surface area contributed by atoms with Gasteiger partial charge in [-0.2, -0.15) is 0 Å². The first-order valence-corrected chi connectivity index (χ1v) is 6.98. The lowest BCUT2D eigenvalue weighted by molar-refractivity contribution is 0.0719. The van der Waals surface area contributed by atoms with Crippen LogP contribution in [-0.2, 0) is 6.54 Å². The Labute approximate surface area is 123 Å². The molecule has 5 heteroatoms. The first kappa shape index (κ1) is 14.6. The minimum absolute atomic E-state index is 0.174. The third-order valence-corrected chi connectivity index (χ3v) is 3.12. The van der Waals surface area contributed by atoms with Crippen LogP contribution in [0.3, 0.4) is 0 Å². The van der Waals surface area contributed by atoms with Crippen molar-refractivity contribution in [3.63, 3.8) is 0 Å². The van der Waals surface area contributed by atoms with Crippen LogP contribution in [0.2, 0.25) is 0 Å². The van der Waals surface area contributed by atoms with Gasteiger partial charge in [0, 0.05) is 25.9 Å². The summed E-state index contributed by atoms with van der Waals surface area (Å²) >= 11 is 5.80. The summed E-state index contributed by atoms with van der Waals surface area (Å²) < 4.78 is 5.40. The fourth-order valence-corrected chi connectivity index (χ4v) is 2.24. The van der Waals surface area contributed by atoms with Gasteiger partial charge in [0.1, 0.15) is 0 Å². The standard InChI is InChI=1S/C15H17ClN2O2/c1-11-14(20-12(2)17-11)15(19)18(9-8-16)10-13-6-4-3-5-7-13/h3-7H,8-10H2,1-2H3. The van der Waals surface area contributed by atoms with E-state index < -0.39 is 0 Å². The van der Waals surface area contributed by atoms with E-state index in [1.54, 1.807) is 18.7 Å². The van der Waals surface area contributed by atoms with E-state index in [2.05, 4.69) is 4.98 Å². The summed E-state index contributed by atoms with van der Waals surface area (Å²) in [7, 11) is 0. The number of carbonyl (C=O) groups is 1. The van der Waals surface area contributed by atoms with Crippen molar-refractivity contribution in [2.24, 2.45) is 0 Å². The molecule has 106 valence electrons. The Morgan fingerprint density at radius 3 is 2.55 bits per heavy atom. The van der Waals surface area contributed by atoms with Gasteiger partial charge in [0.25, 0.3) is 5.91 Å². The molecule has 0 aliphatic rings. The zero-order valence-electron chi connectivity index (χ0n) is 11.6. The number of hydrogen-bond donors (Lipinski definition) is 0. The second kappa shape index (κ2) is 6.57. The minimum atomic E-state index is -0.174. The molecule has 1 aromatic carbocycles. The molecule has 1 amide bonds. The maximum atomic E-state index is 12.5. The molecule has 0 unspecified atom stereocenters. The molecule has 1 aromatic heterocycles. The van der Waals surface area contributed by atoms with E-state index in [-0.39, 0.29) is 5.91 Å². The molecular weight excluding hydrogens is 276 g/mol. The van der Waals surface area contributed by atoms with Crippen molar-refractivity contribution in [2.45, 2.75) is 20.4 Å². The van der Waals surface area contributed by atoms with E-state index in [0.29, 0.717) is 36.3 Å². The highest BCUT2D eigenvalue weighted by atomic mass is 35.5. The van der Waals surface area contributed by atoms with Crippen molar-refractivity contribution in [1.29, 1.82) is 0 Å². The number of aromatic nitrogens is 1. The monoisotopic (exact) mass is 292 g/mol. The van der Waals surface area contributed by atoms with E-state index in [4.69, 9.17) is 16.0 Å². The third-order valence-electron chi connectivity index (χ3n) is 2.96. The van der Waals surface area contributed by atoms with Crippen LogP contribution in [0.1, 0.15) is 27.7 Å². The molecule has 0 aliphatic heterocycles. The van der Waals surface area contributed by atoms with Gasteiger partial charge < -0.3 is 9.32 Å². The lowest BCUT2D eigenvalue weighted by Crippen LogP contribution is -2.32. The summed E-state index contributed by atoms with van der Waals surface area (Å²) in [6.45, 7) is 4.47. The molecule has 2 aromatic rings. The highest BCUT2D eigenvalue weighted by molar-refractivity contribution is 6.18. The smallest absolute Gasteiger partial charge is 0.291 e. The maximum Gasteiger partial charge on any atom is 0.291 e. The van der Waals surface area contributed by atoms with Gasteiger partial charge in [0.15, 0.2) is 5.89 Å². The van der Waals surface area contributed by atoms with Crippen molar-refractivity contribution in [1.82, 2.24) is 9.88 Å². The fourth-order valence-electron chi connectivity index (χ4n) is 2.03. The number of halogens is 1. The Bertz CT molecular complexity index is 581. The van der Waals surface area contributed by atoms with Crippen molar-refractivity contribution in [3.05, 3.63) is 53.2 Å².